The summed E-state index contributed by atoms with van der Waals surface area (Å²) in [4.78, 5) is 0. The molecule has 2 aromatic rings. The monoisotopic (exact) mass is 270 g/mol. The summed E-state index contributed by atoms with van der Waals surface area (Å²) in [5.41, 5.74) is 1.43. The molecule has 20 heavy (non-hydrogen) atoms. The van der Waals surface area contributed by atoms with Gasteiger partial charge in [-0.05, 0) is 49.4 Å². The van der Waals surface area contributed by atoms with E-state index in [9.17, 15) is 0 Å². The third-order valence-corrected chi connectivity index (χ3v) is 3.92. The van der Waals surface area contributed by atoms with E-state index in [0.717, 1.165) is 25.9 Å². The van der Waals surface area contributed by atoms with Crippen LogP contribution in [0, 0.1) is 0 Å². The Morgan fingerprint density at radius 1 is 1.10 bits per heavy atom. The van der Waals surface area contributed by atoms with Crippen molar-refractivity contribution in [3.63, 3.8) is 0 Å². The molecule has 1 fully saturated rings. The fourth-order valence-electron chi connectivity index (χ4n) is 2.94. The van der Waals surface area contributed by atoms with Gasteiger partial charge in [0.05, 0.1) is 12.7 Å². The summed E-state index contributed by atoms with van der Waals surface area (Å²) in [6.45, 7) is 4.69. The van der Waals surface area contributed by atoms with Crippen molar-refractivity contribution in [1.82, 2.24) is 0 Å². The summed E-state index contributed by atoms with van der Waals surface area (Å²) in [7, 11) is 0. The van der Waals surface area contributed by atoms with Gasteiger partial charge in [-0.3, -0.25) is 0 Å². The zero-order chi connectivity index (χ0) is 14.0. The van der Waals surface area contributed by atoms with E-state index in [1.54, 1.807) is 0 Å². The molecule has 0 saturated carbocycles. The maximum absolute atomic E-state index is 5.85. The second kappa shape index (κ2) is 5.55. The van der Waals surface area contributed by atoms with Crippen LogP contribution in [0.5, 0.6) is 0 Å². The Balaban J connectivity index is 1.61. The summed E-state index contributed by atoms with van der Waals surface area (Å²) in [6.07, 6.45) is 3.55. The van der Waals surface area contributed by atoms with Crippen LogP contribution in [0.2, 0.25) is 0 Å². The van der Waals surface area contributed by atoms with Gasteiger partial charge >= 0.3 is 0 Å². The quantitative estimate of drug-likeness (QED) is 0.824. The van der Waals surface area contributed by atoms with E-state index in [1.807, 2.05) is 13.8 Å². The Labute approximate surface area is 120 Å². The van der Waals surface area contributed by atoms with Crippen LogP contribution in [-0.4, -0.2) is 18.5 Å². The molecule has 1 atom stereocenters. The standard InChI is InChI=1S/C18H22O2/c1-18(2)19-13-16(20-18)11-6-10-15-9-5-8-14-7-3-4-12-17(14)15/h3-5,7-9,12,16H,6,10-11,13H2,1-2H3. The van der Waals surface area contributed by atoms with Crippen LogP contribution in [0.25, 0.3) is 10.8 Å². The number of hydrogen-bond donors (Lipinski definition) is 0. The molecule has 1 aliphatic rings. The molecule has 0 amide bonds. The van der Waals surface area contributed by atoms with Crippen molar-refractivity contribution in [2.24, 2.45) is 0 Å². The van der Waals surface area contributed by atoms with Crippen LogP contribution in [0.4, 0.5) is 0 Å². The lowest BCUT2D eigenvalue weighted by Gasteiger charge is -2.17. The van der Waals surface area contributed by atoms with Crippen LogP contribution in [0.1, 0.15) is 32.3 Å². The van der Waals surface area contributed by atoms with E-state index >= 15 is 0 Å². The highest BCUT2D eigenvalue weighted by molar-refractivity contribution is 5.85. The van der Waals surface area contributed by atoms with E-state index in [0.29, 0.717) is 0 Å². The van der Waals surface area contributed by atoms with Crippen LogP contribution in [-0.2, 0) is 15.9 Å². The molecular formula is C18H22O2. The Bertz CT molecular complexity index is 583. The predicted molar refractivity (Wildman–Crippen MR) is 81.8 cm³/mol. The van der Waals surface area contributed by atoms with Gasteiger partial charge in [0, 0.05) is 0 Å². The summed E-state index contributed by atoms with van der Waals surface area (Å²) in [6, 6.07) is 15.2. The molecule has 1 saturated heterocycles. The topological polar surface area (TPSA) is 18.5 Å². The molecule has 0 aromatic heterocycles. The number of hydrogen-bond acceptors (Lipinski definition) is 2. The van der Waals surface area contributed by atoms with Crippen molar-refractivity contribution in [2.75, 3.05) is 6.61 Å². The third-order valence-electron chi connectivity index (χ3n) is 3.92. The minimum atomic E-state index is -0.399. The molecule has 2 heteroatoms. The van der Waals surface area contributed by atoms with Gasteiger partial charge in [0.1, 0.15) is 0 Å². The molecule has 0 N–H and O–H groups in total. The maximum Gasteiger partial charge on any atom is 0.163 e. The van der Waals surface area contributed by atoms with Gasteiger partial charge in [0.15, 0.2) is 5.79 Å². The molecular weight excluding hydrogens is 248 g/mol. The number of benzene rings is 2. The smallest absolute Gasteiger partial charge is 0.163 e. The number of fused-ring (bicyclic) bond motifs is 1. The van der Waals surface area contributed by atoms with Crippen molar-refractivity contribution in [2.45, 2.75) is 45.0 Å². The molecule has 3 rings (SSSR count). The molecule has 0 radical (unpaired) electrons. The van der Waals surface area contributed by atoms with Crippen molar-refractivity contribution >= 4 is 10.8 Å². The molecule has 1 aliphatic heterocycles. The van der Waals surface area contributed by atoms with E-state index in [4.69, 9.17) is 9.47 Å². The van der Waals surface area contributed by atoms with Crippen molar-refractivity contribution in [1.29, 1.82) is 0 Å². The molecule has 1 heterocycles. The molecule has 2 aromatic carbocycles. The highest BCUT2D eigenvalue weighted by Gasteiger charge is 2.31. The number of ether oxygens (including phenoxy) is 2. The largest absolute Gasteiger partial charge is 0.348 e. The van der Waals surface area contributed by atoms with Crippen LogP contribution < -0.4 is 0 Å². The molecule has 0 bridgehead atoms. The minimum absolute atomic E-state index is 0.250. The van der Waals surface area contributed by atoms with Crippen molar-refractivity contribution in [3.8, 4) is 0 Å². The van der Waals surface area contributed by atoms with E-state index in [1.165, 1.54) is 16.3 Å². The maximum atomic E-state index is 5.85. The Hall–Kier alpha value is -1.38. The van der Waals surface area contributed by atoms with Crippen LogP contribution in [0.3, 0.4) is 0 Å². The predicted octanol–water partition coefficient (Wildman–Crippen LogP) is 4.31. The highest BCUT2D eigenvalue weighted by atomic mass is 16.7. The van der Waals surface area contributed by atoms with E-state index in [-0.39, 0.29) is 6.10 Å². The third kappa shape index (κ3) is 3.02. The van der Waals surface area contributed by atoms with Gasteiger partial charge in [0.25, 0.3) is 0 Å². The first-order valence-electron chi connectivity index (χ1n) is 7.42. The first-order valence-corrected chi connectivity index (χ1v) is 7.42. The van der Waals surface area contributed by atoms with Gasteiger partial charge in [-0.2, -0.15) is 0 Å². The molecule has 0 spiro atoms. The minimum Gasteiger partial charge on any atom is -0.348 e. The molecule has 106 valence electrons. The second-order valence-corrected chi connectivity index (χ2v) is 5.98. The normalized spacial score (nSPS) is 21.4. The van der Waals surface area contributed by atoms with Gasteiger partial charge in [-0.25, -0.2) is 0 Å². The average Bonchev–Trinajstić information content (AvgIpc) is 2.79. The van der Waals surface area contributed by atoms with Gasteiger partial charge in [0.2, 0.25) is 0 Å². The Morgan fingerprint density at radius 3 is 2.70 bits per heavy atom. The van der Waals surface area contributed by atoms with Crippen LogP contribution in [0.15, 0.2) is 42.5 Å². The molecule has 0 aliphatic carbocycles. The van der Waals surface area contributed by atoms with Crippen molar-refractivity contribution < 1.29 is 9.47 Å². The van der Waals surface area contributed by atoms with Gasteiger partial charge < -0.3 is 9.47 Å². The summed E-state index contributed by atoms with van der Waals surface area (Å²) in [5, 5.41) is 2.70. The lowest BCUT2D eigenvalue weighted by molar-refractivity contribution is -0.139. The van der Waals surface area contributed by atoms with Crippen LogP contribution >= 0.6 is 0 Å². The summed E-state index contributed by atoms with van der Waals surface area (Å²) in [5.74, 6) is -0.399. The fourth-order valence-corrected chi connectivity index (χ4v) is 2.94. The lowest BCUT2D eigenvalue weighted by Crippen LogP contribution is -2.21. The number of aryl methyl sites for hydroxylation is 1. The zero-order valence-electron chi connectivity index (χ0n) is 12.3. The average molecular weight is 270 g/mol. The zero-order valence-corrected chi connectivity index (χ0v) is 12.3. The molecule has 2 nitrogen and oxygen atoms in total. The fraction of sp³-hybridized carbons (Fsp3) is 0.444. The van der Waals surface area contributed by atoms with E-state index in [2.05, 4.69) is 42.5 Å². The highest BCUT2D eigenvalue weighted by Crippen LogP contribution is 2.26. The first-order chi connectivity index (χ1) is 9.64. The van der Waals surface area contributed by atoms with Crippen molar-refractivity contribution in [3.05, 3.63) is 48.0 Å². The summed E-state index contributed by atoms with van der Waals surface area (Å²) < 4.78 is 11.5. The Morgan fingerprint density at radius 2 is 1.90 bits per heavy atom. The lowest BCUT2D eigenvalue weighted by atomic mass is 9.99. The Kier molecular flexibility index (Phi) is 3.77. The van der Waals surface area contributed by atoms with E-state index < -0.39 is 5.79 Å². The van der Waals surface area contributed by atoms with Gasteiger partial charge in [-0.15, -0.1) is 0 Å². The SMILES string of the molecule is CC1(C)OCC(CCCc2cccc3ccccc23)O1. The van der Waals surface area contributed by atoms with Gasteiger partial charge in [-0.1, -0.05) is 42.5 Å². The summed E-state index contributed by atoms with van der Waals surface area (Å²) >= 11 is 0. The molecule has 1 unspecified atom stereocenters. The second-order valence-electron chi connectivity index (χ2n) is 5.98. The number of rotatable bonds is 4. The first kappa shape index (κ1) is 13.6.